The molecule has 1 N–H and O–H groups in total. The van der Waals surface area contributed by atoms with Crippen LogP contribution in [0.15, 0.2) is 24.3 Å². The van der Waals surface area contributed by atoms with Crippen LogP contribution in [0.3, 0.4) is 0 Å². The quantitative estimate of drug-likeness (QED) is 0.786. The first-order valence-corrected chi connectivity index (χ1v) is 7.09. The smallest absolute Gasteiger partial charge is 0.328 e. The Hall–Kier alpha value is -1.91. The standard InChI is InChI=1S/C16H22FNO3/c1-4-11(2)15(16(20)21-3)18-14(19)10-7-12-5-8-13(17)9-6-12/h5-6,8-9,11,15H,4,7,10H2,1-3H3,(H,18,19). The number of rotatable bonds is 7. The molecule has 0 heterocycles. The van der Waals surface area contributed by atoms with Crippen molar-refractivity contribution in [2.24, 2.45) is 5.92 Å². The number of methoxy groups -OCH3 is 1. The molecule has 0 saturated carbocycles. The second kappa shape index (κ2) is 8.39. The number of carbonyl (C=O) groups is 2. The predicted octanol–water partition coefficient (Wildman–Crippen LogP) is 2.46. The Morgan fingerprint density at radius 1 is 1.29 bits per heavy atom. The molecule has 5 heteroatoms. The third kappa shape index (κ3) is 5.53. The number of hydrogen-bond acceptors (Lipinski definition) is 3. The van der Waals surface area contributed by atoms with Gasteiger partial charge in [0.15, 0.2) is 0 Å². The fraction of sp³-hybridized carbons (Fsp3) is 0.500. The molecule has 0 bridgehead atoms. The summed E-state index contributed by atoms with van der Waals surface area (Å²) < 4.78 is 17.5. The Kier molecular flexibility index (Phi) is 6.85. The molecular weight excluding hydrogens is 273 g/mol. The summed E-state index contributed by atoms with van der Waals surface area (Å²) in [5.41, 5.74) is 0.879. The van der Waals surface area contributed by atoms with Crippen LogP contribution in [0.5, 0.6) is 0 Å². The number of hydrogen-bond donors (Lipinski definition) is 1. The molecule has 2 atom stereocenters. The molecule has 0 aliphatic rings. The van der Waals surface area contributed by atoms with Gasteiger partial charge in [-0.2, -0.15) is 0 Å². The summed E-state index contributed by atoms with van der Waals surface area (Å²) >= 11 is 0. The van der Waals surface area contributed by atoms with Crippen molar-refractivity contribution in [3.05, 3.63) is 35.6 Å². The number of nitrogens with one attached hydrogen (secondary N) is 1. The zero-order valence-electron chi connectivity index (χ0n) is 12.7. The first-order valence-electron chi connectivity index (χ1n) is 7.09. The molecule has 1 aromatic rings. The summed E-state index contributed by atoms with van der Waals surface area (Å²) in [6.45, 7) is 3.84. The number of halogens is 1. The SMILES string of the molecule is CCC(C)C(NC(=O)CCc1ccc(F)cc1)C(=O)OC. The summed E-state index contributed by atoms with van der Waals surface area (Å²) in [5, 5.41) is 2.71. The highest BCUT2D eigenvalue weighted by Gasteiger charge is 2.26. The van der Waals surface area contributed by atoms with Gasteiger partial charge in [0.05, 0.1) is 7.11 Å². The van der Waals surface area contributed by atoms with Crippen molar-refractivity contribution in [1.29, 1.82) is 0 Å². The molecule has 1 amide bonds. The van der Waals surface area contributed by atoms with Crippen LogP contribution in [0.25, 0.3) is 0 Å². The highest BCUT2D eigenvalue weighted by Crippen LogP contribution is 2.10. The maximum atomic E-state index is 12.8. The Balaban J connectivity index is 2.53. The highest BCUT2D eigenvalue weighted by molar-refractivity contribution is 5.84. The van der Waals surface area contributed by atoms with E-state index in [1.54, 1.807) is 12.1 Å². The molecule has 0 aromatic heterocycles. The molecule has 1 rings (SSSR count). The molecule has 2 unspecified atom stereocenters. The van der Waals surface area contributed by atoms with Crippen LogP contribution in [0, 0.1) is 11.7 Å². The van der Waals surface area contributed by atoms with E-state index >= 15 is 0 Å². The number of esters is 1. The molecule has 0 saturated heterocycles. The van der Waals surface area contributed by atoms with Crippen LogP contribution in [-0.2, 0) is 20.7 Å². The van der Waals surface area contributed by atoms with Crippen molar-refractivity contribution in [2.45, 2.75) is 39.2 Å². The van der Waals surface area contributed by atoms with Crippen molar-refractivity contribution in [3.63, 3.8) is 0 Å². The van der Waals surface area contributed by atoms with E-state index in [0.29, 0.717) is 6.42 Å². The summed E-state index contributed by atoms with van der Waals surface area (Å²) in [4.78, 5) is 23.6. The molecule has 4 nitrogen and oxygen atoms in total. The zero-order valence-corrected chi connectivity index (χ0v) is 12.7. The largest absolute Gasteiger partial charge is 0.467 e. The molecular formula is C16H22FNO3. The fourth-order valence-corrected chi connectivity index (χ4v) is 1.95. The fourth-order valence-electron chi connectivity index (χ4n) is 1.95. The Labute approximate surface area is 124 Å². The van der Waals surface area contributed by atoms with Crippen LogP contribution in [0.4, 0.5) is 4.39 Å². The average molecular weight is 295 g/mol. The molecule has 0 fully saturated rings. The minimum atomic E-state index is -0.624. The summed E-state index contributed by atoms with van der Waals surface area (Å²) in [6.07, 6.45) is 1.51. The van der Waals surface area contributed by atoms with Crippen LogP contribution in [0.1, 0.15) is 32.3 Å². The van der Waals surface area contributed by atoms with E-state index in [4.69, 9.17) is 4.74 Å². The lowest BCUT2D eigenvalue weighted by Gasteiger charge is -2.21. The van der Waals surface area contributed by atoms with E-state index in [2.05, 4.69) is 5.32 Å². The monoisotopic (exact) mass is 295 g/mol. The number of ether oxygens (including phenoxy) is 1. The van der Waals surface area contributed by atoms with E-state index in [-0.39, 0.29) is 24.1 Å². The maximum Gasteiger partial charge on any atom is 0.328 e. The highest BCUT2D eigenvalue weighted by atomic mass is 19.1. The zero-order chi connectivity index (χ0) is 15.8. The molecule has 0 aliphatic heterocycles. The summed E-state index contributed by atoms with van der Waals surface area (Å²) in [7, 11) is 1.31. The molecule has 21 heavy (non-hydrogen) atoms. The van der Waals surface area contributed by atoms with Crippen molar-refractivity contribution in [3.8, 4) is 0 Å². The van der Waals surface area contributed by atoms with Gasteiger partial charge in [-0.3, -0.25) is 4.79 Å². The van der Waals surface area contributed by atoms with Gasteiger partial charge in [-0.1, -0.05) is 32.4 Å². The summed E-state index contributed by atoms with van der Waals surface area (Å²) in [5.74, 6) is -0.938. The minimum absolute atomic E-state index is 0.00669. The Bertz CT molecular complexity index is 473. The van der Waals surface area contributed by atoms with Crippen molar-refractivity contribution >= 4 is 11.9 Å². The van der Waals surface area contributed by atoms with E-state index in [9.17, 15) is 14.0 Å². The lowest BCUT2D eigenvalue weighted by molar-refractivity contribution is -0.146. The first kappa shape index (κ1) is 17.1. The van der Waals surface area contributed by atoms with Crippen molar-refractivity contribution in [2.75, 3.05) is 7.11 Å². The van der Waals surface area contributed by atoms with Gasteiger partial charge in [-0.25, -0.2) is 9.18 Å². The van der Waals surface area contributed by atoms with E-state index in [0.717, 1.165) is 12.0 Å². The van der Waals surface area contributed by atoms with Gasteiger partial charge < -0.3 is 10.1 Å². The van der Waals surface area contributed by atoms with Crippen LogP contribution < -0.4 is 5.32 Å². The van der Waals surface area contributed by atoms with Gasteiger partial charge in [-0.15, -0.1) is 0 Å². The van der Waals surface area contributed by atoms with Crippen LogP contribution in [0.2, 0.25) is 0 Å². The molecule has 1 aromatic carbocycles. The second-order valence-electron chi connectivity index (χ2n) is 5.08. The van der Waals surface area contributed by atoms with E-state index in [1.165, 1.54) is 19.2 Å². The number of aryl methyl sites for hydroxylation is 1. The third-order valence-electron chi connectivity index (χ3n) is 3.54. The average Bonchev–Trinajstić information content (AvgIpc) is 2.50. The Morgan fingerprint density at radius 2 is 1.90 bits per heavy atom. The van der Waals surface area contributed by atoms with E-state index in [1.807, 2.05) is 13.8 Å². The normalized spacial score (nSPS) is 13.3. The van der Waals surface area contributed by atoms with Gasteiger partial charge in [0.2, 0.25) is 5.91 Å². The molecule has 116 valence electrons. The van der Waals surface area contributed by atoms with Gasteiger partial charge in [0, 0.05) is 6.42 Å². The van der Waals surface area contributed by atoms with Crippen LogP contribution >= 0.6 is 0 Å². The number of benzene rings is 1. The van der Waals surface area contributed by atoms with Gasteiger partial charge in [0.1, 0.15) is 11.9 Å². The summed E-state index contributed by atoms with van der Waals surface area (Å²) in [6, 6.07) is 5.40. The second-order valence-corrected chi connectivity index (χ2v) is 5.08. The van der Waals surface area contributed by atoms with Gasteiger partial charge in [0.25, 0.3) is 0 Å². The maximum absolute atomic E-state index is 12.8. The molecule has 0 radical (unpaired) electrons. The third-order valence-corrected chi connectivity index (χ3v) is 3.54. The lowest BCUT2D eigenvalue weighted by atomic mass is 9.99. The van der Waals surface area contributed by atoms with Gasteiger partial charge in [-0.05, 0) is 30.0 Å². The molecule has 0 aliphatic carbocycles. The Morgan fingerprint density at radius 3 is 2.43 bits per heavy atom. The van der Waals surface area contributed by atoms with Gasteiger partial charge >= 0.3 is 5.97 Å². The first-order chi connectivity index (χ1) is 9.97. The van der Waals surface area contributed by atoms with Crippen molar-refractivity contribution in [1.82, 2.24) is 5.32 Å². The minimum Gasteiger partial charge on any atom is -0.467 e. The number of amides is 1. The lowest BCUT2D eigenvalue weighted by Crippen LogP contribution is -2.45. The van der Waals surface area contributed by atoms with E-state index < -0.39 is 12.0 Å². The van der Waals surface area contributed by atoms with Crippen molar-refractivity contribution < 1.29 is 18.7 Å². The number of carbonyl (C=O) groups excluding carboxylic acids is 2. The van der Waals surface area contributed by atoms with Crippen LogP contribution in [-0.4, -0.2) is 25.0 Å². The topological polar surface area (TPSA) is 55.4 Å². The predicted molar refractivity (Wildman–Crippen MR) is 78.1 cm³/mol. The molecule has 0 spiro atoms.